The molecule has 0 aliphatic carbocycles. The smallest absolute Gasteiger partial charge is 0.120 e. The Balaban J connectivity index is 2.01. The maximum absolute atomic E-state index is 6.35. The second-order valence-electron chi connectivity index (χ2n) is 8.49. The fourth-order valence-corrected chi connectivity index (χ4v) is 3.67. The molecule has 0 saturated heterocycles. The van der Waals surface area contributed by atoms with Gasteiger partial charge in [0.1, 0.15) is 17.1 Å². The molecule has 0 amide bonds. The van der Waals surface area contributed by atoms with Crippen molar-refractivity contribution < 1.29 is 9.47 Å². The second kappa shape index (κ2) is 9.30. The Kier molecular flexibility index (Phi) is 7.35. The number of rotatable bonds is 9. The predicted octanol–water partition coefficient (Wildman–Crippen LogP) is 7.20. The van der Waals surface area contributed by atoms with Gasteiger partial charge < -0.3 is 9.47 Å². The van der Waals surface area contributed by atoms with E-state index in [1.54, 1.807) is 7.11 Å². The highest BCUT2D eigenvalue weighted by atomic mass is 16.5. The molecule has 148 valence electrons. The Hall–Kier alpha value is -1.96. The molecule has 0 spiro atoms. The molecule has 0 bridgehead atoms. The maximum atomic E-state index is 6.35. The lowest BCUT2D eigenvalue weighted by atomic mass is 9.82. The summed E-state index contributed by atoms with van der Waals surface area (Å²) in [7, 11) is 1.72. The minimum Gasteiger partial charge on any atom is -0.497 e. The van der Waals surface area contributed by atoms with E-state index in [9.17, 15) is 0 Å². The lowest BCUT2D eigenvalue weighted by molar-refractivity contribution is 0.0782. The minimum absolute atomic E-state index is 0.218. The molecule has 0 N–H and O–H groups in total. The quantitative estimate of drug-likeness (QED) is 0.466. The van der Waals surface area contributed by atoms with E-state index in [4.69, 9.17) is 9.47 Å². The average Bonchev–Trinajstić information content (AvgIpc) is 2.66. The van der Waals surface area contributed by atoms with Gasteiger partial charge in [-0.25, -0.2) is 0 Å². The maximum Gasteiger partial charge on any atom is 0.120 e. The van der Waals surface area contributed by atoms with Gasteiger partial charge in [-0.2, -0.15) is 0 Å². The first-order valence-corrected chi connectivity index (χ1v) is 10.2. The predicted molar refractivity (Wildman–Crippen MR) is 115 cm³/mol. The van der Waals surface area contributed by atoms with Crippen molar-refractivity contribution >= 4 is 0 Å². The van der Waals surface area contributed by atoms with Gasteiger partial charge in [0.05, 0.1) is 7.11 Å². The molecule has 0 fully saturated rings. The summed E-state index contributed by atoms with van der Waals surface area (Å²) in [5.41, 5.74) is 2.47. The normalized spacial score (nSPS) is 15.1. The summed E-state index contributed by atoms with van der Waals surface area (Å²) in [6.45, 7) is 13.5. The van der Waals surface area contributed by atoms with Crippen molar-refractivity contribution in [3.8, 4) is 11.5 Å². The van der Waals surface area contributed by atoms with Gasteiger partial charge in [-0.05, 0) is 79.8 Å². The van der Waals surface area contributed by atoms with Crippen LogP contribution in [0.4, 0.5) is 0 Å². The van der Waals surface area contributed by atoms with Crippen LogP contribution in [0.3, 0.4) is 0 Å². The van der Waals surface area contributed by atoms with Crippen LogP contribution in [-0.4, -0.2) is 12.7 Å². The topological polar surface area (TPSA) is 18.5 Å². The molecule has 0 radical (unpaired) electrons. The molecule has 3 unspecified atom stereocenters. The third-order valence-electron chi connectivity index (χ3n) is 5.74. The first-order valence-electron chi connectivity index (χ1n) is 10.2. The summed E-state index contributed by atoms with van der Waals surface area (Å²) in [6.07, 6.45) is 2.14. The summed E-state index contributed by atoms with van der Waals surface area (Å²) >= 11 is 0. The third kappa shape index (κ3) is 6.02. The minimum atomic E-state index is -0.218. The van der Waals surface area contributed by atoms with Crippen LogP contribution < -0.4 is 9.47 Å². The van der Waals surface area contributed by atoms with Gasteiger partial charge in [0, 0.05) is 0 Å². The van der Waals surface area contributed by atoms with E-state index in [2.05, 4.69) is 84.0 Å². The zero-order chi connectivity index (χ0) is 20.0. The van der Waals surface area contributed by atoms with Crippen LogP contribution in [-0.2, 0) is 0 Å². The van der Waals surface area contributed by atoms with Crippen molar-refractivity contribution in [2.45, 2.75) is 71.8 Å². The van der Waals surface area contributed by atoms with Crippen LogP contribution in [0.1, 0.15) is 77.3 Å². The summed E-state index contributed by atoms with van der Waals surface area (Å²) in [5, 5.41) is 0. The molecule has 27 heavy (non-hydrogen) atoms. The SMILES string of the molecule is CCC(C)c1ccc(OC(C)(C)CC(C)C(C)c2cccc(OC)c2)cc1. The lowest BCUT2D eigenvalue weighted by Gasteiger charge is -2.32. The van der Waals surface area contributed by atoms with Crippen LogP contribution in [0, 0.1) is 5.92 Å². The molecular weight excluding hydrogens is 332 g/mol. The molecule has 3 atom stereocenters. The van der Waals surface area contributed by atoms with Crippen LogP contribution in [0.25, 0.3) is 0 Å². The Morgan fingerprint density at radius 3 is 2.15 bits per heavy atom. The molecule has 0 heterocycles. The van der Waals surface area contributed by atoms with Gasteiger partial charge in [0.2, 0.25) is 0 Å². The van der Waals surface area contributed by atoms with Crippen molar-refractivity contribution in [1.29, 1.82) is 0 Å². The number of benzene rings is 2. The Bertz CT molecular complexity index is 703. The summed E-state index contributed by atoms with van der Waals surface area (Å²) < 4.78 is 11.7. The molecular formula is C25H36O2. The van der Waals surface area contributed by atoms with E-state index in [-0.39, 0.29) is 5.60 Å². The van der Waals surface area contributed by atoms with E-state index < -0.39 is 0 Å². The van der Waals surface area contributed by atoms with E-state index >= 15 is 0 Å². The fourth-order valence-electron chi connectivity index (χ4n) is 3.67. The molecule has 2 nitrogen and oxygen atoms in total. The summed E-state index contributed by atoms with van der Waals surface area (Å²) in [6, 6.07) is 17.0. The van der Waals surface area contributed by atoms with Gasteiger partial charge in [0.15, 0.2) is 0 Å². The molecule has 2 aromatic carbocycles. The Morgan fingerprint density at radius 2 is 1.56 bits per heavy atom. The summed E-state index contributed by atoms with van der Waals surface area (Å²) in [5.74, 6) is 3.40. The number of hydrogen-bond acceptors (Lipinski definition) is 2. The monoisotopic (exact) mass is 368 g/mol. The first-order chi connectivity index (χ1) is 12.8. The third-order valence-corrected chi connectivity index (χ3v) is 5.74. The summed E-state index contributed by atoms with van der Waals surface area (Å²) in [4.78, 5) is 0. The van der Waals surface area contributed by atoms with Gasteiger partial charge in [-0.1, -0.05) is 52.0 Å². The highest BCUT2D eigenvalue weighted by molar-refractivity contribution is 5.31. The Morgan fingerprint density at radius 1 is 0.889 bits per heavy atom. The average molecular weight is 369 g/mol. The fraction of sp³-hybridized carbons (Fsp3) is 0.520. The van der Waals surface area contributed by atoms with E-state index in [0.29, 0.717) is 17.8 Å². The van der Waals surface area contributed by atoms with Gasteiger partial charge in [0.25, 0.3) is 0 Å². The molecule has 0 saturated carbocycles. The zero-order valence-electron chi connectivity index (χ0n) is 18.1. The van der Waals surface area contributed by atoms with Crippen molar-refractivity contribution in [3.05, 3.63) is 59.7 Å². The molecule has 0 aromatic heterocycles. The number of methoxy groups -OCH3 is 1. The van der Waals surface area contributed by atoms with Crippen molar-refractivity contribution in [2.75, 3.05) is 7.11 Å². The molecule has 0 aliphatic heterocycles. The number of ether oxygens (including phenoxy) is 2. The van der Waals surface area contributed by atoms with E-state index in [1.807, 2.05) is 6.07 Å². The Labute approximate surface area is 165 Å². The highest BCUT2D eigenvalue weighted by Crippen LogP contribution is 2.34. The molecule has 2 heteroatoms. The van der Waals surface area contributed by atoms with Gasteiger partial charge >= 0.3 is 0 Å². The standard InChI is InChI=1S/C25H36O2/c1-8-18(2)21-12-14-23(15-13-21)27-25(5,6)17-19(3)20(4)22-10-9-11-24(16-22)26-7/h9-16,18-20H,8,17H2,1-7H3. The van der Waals surface area contributed by atoms with E-state index in [1.165, 1.54) is 11.1 Å². The van der Waals surface area contributed by atoms with Gasteiger partial charge in [-0.3, -0.25) is 0 Å². The van der Waals surface area contributed by atoms with Crippen molar-refractivity contribution in [3.63, 3.8) is 0 Å². The van der Waals surface area contributed by atoms with Crippen LogP contribution >= 0.6 is 0 Å². The second-order valence-corrected chi connectivity index (χ2v) is 8.49. The van der Waals surface area contributed by atoms with Crippen LogP contribution in [0.2, 0.25) is 0 Å². The van der Waals surface area contributed by atoms with Crippen molar-refractivity contribution in [2.24, 2.45) is 5.92 Å². The van der Waals surface area contributed by atoms with Gasteiger partial charge in [-0.15, -0.1) is 0 Å². The zero-order valence-corrected chi connectivity index (χ0v) is 18.1. The van der Waals surface area contributed by atoms with Crippen molar-refractivity contribution in [1.82, 2.24) is 0 Å². The first kappa shape index (κ1) is 21.3. The highest BCUT2D eigenvalue weighted by Gasteiger charge is 2.27. The lowest BCUT2D eigenvalue weighted by Crippen LogP contribution is -2.31. The number of hydrogen-bond donors (Lipinski definition) is 0. The van der Waals surface area contributed by atoms with Crippen LogP contribution in [0.15, 0.2) is 48.5 Å². The molecule has 0 aliphatic rings. The molecule has 2 aromatic rings. The molecule has 2 rings (SSSR count). The van der Waals surface area contributed by atoms with Crippen LogP contribution in [0.5, 0.6) is 11.5 Å². The largest absolute Gasteiger partial charge is 0.497 e. The van der Waals surface area contributed by atoms with E-state index in [0.717, 1.165) is 24.3 Å².